The Morgan fingerprint density at radius 2 is 2.10 bits per heavy atom. The molecule has 0 radical (unpaired) electrons. The van der Waals surface area contributed by atoms with Gasteiger partial charge in [0.05, 0.1) is 20.3 Å². The lowest BCUT2D eigenvalue weighted by molar-refractivity contribution is -0.143. The molecule has 21 heavy (non-hydrogen) atoms. The van der Waals surface area contributed by atoms with Gasteiger partial charge in [0, 0.05) is 5.92 Å². The summed E-state index contributed by atoms with van der Waals surface area (Å²) >= 11 is 0. The quantitative estimate of drug-likeness (QED) is 0.781. The second-order valence-electron chi connectivity index (χ2n) is 5.28. The number of hydrogen-bond acceptors (Lipinski definition) is 5. The normalized spacial score (nSPS) is 23.5. The fraction of sp³-hybridized carbons (Fsp3) is 0.562. The van der Waals surface area contributed by atoms with Crippen LogP contribution in [0.4, 0.5) is 0 Å². The van der Waals surface area contributed by atoms with Crippen molar-refractivity contribution in [2.45, 2.75) is 38.1 Å². The Labute approximate surface area is 125 Å². The molecule has 2 N–H and O–H groups in total. The zero-order valence-corrected chi connectivity index (χ0v) is 12.8. The zero-order valence-electron chi connectivity index (χ0n) is 12.8. The predicted octanol–water partition coefficient (Wildman–Crippen LogP) is 2.23. The molecule has 0 heterocycles. The maximum absolute atomic E-state index is 11.7. The van der Waals surface area contributed by atoms with Gasteiger partial charge in [0.2, 0.25) is 0 Å². The monoisotopic (exact) mass is 293 g/mol. The number of ether oxygens (including phenoxy) is 3. The molecule has 1 aliphatic rings. The first-order valence-electron chi connectivity index (χ1n) is 7.33. The molecule has 1 aromatic rings. The standard InChI is InChI=1S/C16H23NO4/c1-4-8-21-13-7-6-11(9-14(13)20-5-2)12-10-16(12,17)15(18)19-3/h6-7,9,12H,4-5,8,10,17H2,1-3H3. The van der Waals surface area contributed by atoms with Crippen LogP contribution in [0.5, 0.6) is 11.5 Å². The van der Waals surface area contributed by atoms with Gasteiger partial charge in [0.1, 0.15) is 5.54 Å². The van der Waals surface area contributed by atoms with E-state index in [2.05, 4.69) is 6.92 Å². The van der Waals surface area contributed by atoms with Gasteiger partial charge in [-0.1, -0.05) is 13.0 Å². The molecule has 1 fully saturated rings. The summed E-state index contributed by atoms with van der Waals surface area (Å²) in [7, 11) is 1.36. The summed E-state index contributed by atoms with van der Waals surface area (Å²) in [5.74, 6) is 1.03. The summed E-state index contributed by atoms with van der Waals surface area (Å²) in [5, 5.41) is 0. The molecule has 1 saturated carbocycles. The highest BCUT2D eigenvalue weighted by Crippen LogP contribution is 2.51. The lowest BCUT2D eigenvalue weighted by Gasteiger charge is -2.14. The van der Waals surface area contributed by atoms with E-state index in [1.165, 1.54) is 7.11 Å². The fourth-order valence-electron chi connectivity index (χ4n) is 2.45. The first-order valence-corrected chi connectivity index (χ1v) is 7.33. The smallest absolute Gasteiger partial charge is 0.326 e. The van der Waals surface area contributed by atoms with Crippen LogP contribution in [0.3, 0.4) is 0 Å². The van der Waals surface area contributed by atoms with Crippen LogP contribution in [0, 0.1) is 0 Å². The summed E-state index contributed by atoms with van der Waals surface area (Å²) in [6.07, 6.45) is 1.53. The van der Waals surface area contributed by atoms with E-state index in [9.17, 15) is 4.79 Å². The molecule has 2 unspecified atom stereocenters. The molecule has 1 aliphatic carbocycles. The third-order valence-corrected chi connectivity index (χ3v) is 3.70. The molecule has 0 bridgehead atoms. The summed E-state index contributed by atoms with van der Waals surface area (Å²) in [6.45, 7) is 5.18. The van der Waals surface area contributed by atoms with Gasteiger partial charge in [-0.05, 0) is 37.5 Å². The first kappa shape index (κ1) is 15.6. The van der Waals surface area contributed by atoms with Crippen LogP contribution < -0.4 is 15.2 Å². The van der Waals surface area contributed by atoms with E-state index >= 15 is 0 Å². The minimum atomic E-state index is -0.899. The Balaban J connectivity index is 2.19. The number of benzene rings is 1. The number of nitrogens with two attached hydrogens (primary N) is 1. The van der Waals surface area contributed by atoms with Crippen molar-refractivity contribution in [1.29, 1.82) is 0 Å². The molecule has 0 aromatic heterocycles. The highest BCUT2D eigenvalue weighted by molar-refractivity contribution is 5.86. The average Bonchev–Trinajstić information content (AvgIpc) is 3.19. The van der Waals surface area contributed by atoms with Gasteiger partial charge in [0.25, 0.3) is 0 Å². The second-order valence-corrected chi connectivity index (χ2v) is 5.28. The summed E-state index contributed by atoms with van der Waals surface area (Å²) in [5.41, 5.74) is 6.16. The third kappa shape index (κ3) is 3.13. The molecule has 5 heteroatoms. The molecule has 2 atom stereocenters. The van der Waals surface area contributed by atoms with Crippen molar-refractivity contribution in [3.05, 3.63) is 23.8 Å². The molecule has 116 valence electrons. The maximum Gasteiger partial charge on any atom is 0.326 e. The van der Waals surface area contributed by atoms with Gasteiger partial charge >= 0.3 is 5.97 Å². The Kier molecular flexibility index (Phi) is 4.73. The topological polar surface area (TPSA) is 70.8 Å². The number of hydrogen-bond donors (Lipinski definition) is 1. The van der Waals surface area contributed by atoms with E-state index in [1.807, 2.05) is 25.1 Å². The van der Waals surface area contributed by atoms with Crippen LogP contribution in [0.2, 0.25) is 0 Å². The minimum Gasteiger partial charge on any atom is -0.490 e. The Bertz CT molecular complexity index is 517. The molecule has 2 rings (SSSR count). The van der Waals surface area contributed by atoms with Crippen molar-refractivity contribution in [2.75, 3.05) is 20.3 Å². The van der Waals surface area contributed by atoms with Crippen molar-refractivity contribution in [2.24, 2.45) is 5.73 Å². The van der Waals surface area contributed by atoms with Crippen molar-refractivity contribution in [3.8, 4) is 11.5 Å². The van der Waals surface area contributed by atoms with Gasteiger partial charge in [-0.15, -0.1) is 0 Å². The molecule has 0 spiro atoms. The van der Waals surface area contributed by atoms with Crippen molar-refractivity contribution < 1.29 is 19.0 Å². The first-order chi connectivity index (χ1) is 10.1. The molecular formula is C16H23NO4. The SMILES string of the molecule is CCCOc1ccc(C2CC2(N)C(=O)OC)cc1OCC. The van der Waals surface area contributed by atoms with Crippen LogP contribution in [-0.2, 0) is 9.53 Å². The van der Waals surface area contributed by atoms with E-state index in [0.717, 1.165) is 17.7 Å². The highest BCUT2D eigenvalue weighted by atomic mass is 16.5. The van der Waals surface area contributed by atoms with E-state index in [0.29, 0.717) is 25.4 Å². The summed E-state index contributed by atoms with van der Waals surface area (Å²) in [4.78, 5) is 11.7. The Morgan fingerprint density at radius 1 is 1.33 bits per heavy atom. The number of methoxy groups -OCH3 is 1. The third-order valence-electron chi connectivity index (χ3n) is 3.70. The van der Waals surface area contributed by atoms with Gasteiger partial charge < -0.3 is 19.9 Å². The molecule has 0 saturated heterocycles. The Morgan fingerprint density at radius 3 is 2.71 bits per heavy atom. The largest absolute Gasteiger partial charge is 0.490 e. The maximum atomic E-state index is 11.7. The molecule has 0 aliphatic heterocycles. The van der Waals surface area contributed by atoms with Crippen LogP contribution in [0.15, 0.2) is 18.2 Å². The molecule has 5 nitrogen and oxygen atoms in total. The van der Waals surface area contributed by atoms with Gasteiger partial charge in [-0.25, -0.2) is 0 Å². The number of rotatable bonds is 7. The van der Waals surface area contributed by atoms with E-state index < -0.39 is 5.54 Å². The minimum absolute atomic E-state index is 0.0237. The number of esters is 1. The van der Waals surface area contributed by atoms with Crippen LogP contribution in [0.1, 0.15) is 38.2 Å². The van der Waals surface area contributed by atoms with E-state index in [4.69, 9.17) is 19.9 Å². The fourth-order valence-corrected chi connectivity index (χ4v) is 2.45. The lowest BCUT2D eigenvalue weighted by atomic mass is 10.1. The predicted molar refractivity (Wildman–Crippen MR) is 79.7 cm³/mol. The van der Waals surface area contributed by atoms with E-state index in [-0.39, 0.29) is 11.9 Å². The van der Waals surface area contributed by atoms with Gasteiger partial charge in [0.15, 0.2) is 11.5 Å². The van der Waals surface area contributed by atoms with Crippen molar-refractivity contribution in [3.63, 3.8) is 0 Å². The zero-order chi connectivity index (χ0) is 15.5. The van der Waals surface area contributed by atoms with Crippen molar-refractivity contribution in [1.82, 2.24) is 0 Å². The van der Waals surface area contributed by atoms with Crippen LogP contribution >= 0.6 is 0 Å². The highest BCUT2D eigenvalue weighted by Gasteiger charge is 2.59. The van der Waals surface area contributed by atoms with Crippen LogP contribution in [0.25, 0.3) is 0 Å². The summed E-state index contributed by atoms with van der Waals surface area (Å²) < 4.78 is 16.1. The van der Waals surface area contributed by atoms with Crippen LogP contribution in [-0.4, -0.2) is 31.8 Å². The Hall–Kier alpha value is -1.75. The number of carbonyl (C=O) groups excluding carboxylic acids is 1. The average molecular weight is 293 g/mol. The van der Waals surface area contributed by atoms with E-state index in [1.54, 1.807) is 0 Å². The second kappa shape index (κ2) is 6.35. The molecule has 1 aromatic carbocycles. The lowest BCUT2D eigenvalue weighted by Crippen LogP contribution is -2.35. The molecular weight excluding hydrogens is 270 g/mol. The van der Waals surface area contributed by atoms with Gasteiger partial charge in [-0.2, -0.15) is 0 Å². The summed E-state index contributed by atoms with van der Waals surface area (Å²) in [6, 6.07) is 5.73. The number of carbonyl (C=O) groups is 1. The van der Waals surface area contributed by atoms with Gasteiger partial charge in [-0.3, -0.25) is 4.79 Å². The molecule has 0 amide bonds. The van der Waals surface area contributed by atoms with Crippen molar-refractivity contribution >= 4 is 5.97 Å².